The molecule has 2 fully saturated rings. The van der Waals surface area contributed by atoms with Crippen molar-refractivity contribution >= 4 is 17.8 Å². The number of nitrogens with one attached hydrogen (secondary N) is 1. The molecule has 2 amide bonds. The predicted octanol–water partition coefficient (Wildman–Crippen LogP) is 1.29. The van der Waals surface area contributed by atoms with Crippen molar-refractivity contribution in [2.24, 2.45) is 0 Å². The molecule has 1 atom stereocenters. The first kappa shape index (κ1) is 15.8. The maximum Gasteiger partial charge on any atom is 0.305 e. The van der Waals surface area contributed by atoms with Crippen LogP contribution in [-0.2, 0) is 14.4 Å². The van der Waals surface area contributed by atoms with E-state index in [1.54, 1.807) is 11.8 Å². The number of rotatable bonds is 5. The van der Waals surface area contributed by atoms with Gasteiger partial charge in [-0.1, -0.05) is 19.3 Å². The Balaban J connectivity index is 2.03. The number of hydrogen-bond donors (Lipinski definition) is 2. The molecule has 6 nitrogen and oxygen atoms in total. The number of aliphatic carboxylic acids is 1. The van der Waals surface area contributed by atoms with E-state index in [2.05, 4.69) is 5.32 Å². The Labute approximate surface area is 124 Å². The van der Waals surface area contributed by atoms with E-state index in [1.165, 1.54) is 0 Å². The van der Waals surface area contributed by atoms with Gasteiger partial charge in [-0.2, -0.15) is 0 Å². The first-order valence-electron chi connectivity index (χ1n) is 7.77. The summed E-state index contributed by atoms with van der Waals surface area (Å²) in [6.45, 7) is 2.33. The minimum Gasteiger partial charge on any atom is -0.481 e. The molecule has 0 unspecified atom stereocenters. The highest BCUT2D eigenvalue weighted by Crippen LogP contribution is 2.31. The number of carboxylic acid groups (broad SMARTS) is 1. The van der Waals surface area contributed by atoms with E-state index < -0.39 is 17.6 Å². The van der Waals surface area contributed by atoms with Crippen LogP contribution in [0.1, 0.15) is 58.3 Å². The van der Waals surface area contributed by atoms with Crippen molar-refractivity contribution in [3.63, 3.8) is 0 Å². The van der Waals surface area contributed by atoms with Crippen LogP contribution in [0.5, 0.6) is 0 Å². The summed E-state index contributed by atoms with van der Waals surface area (Å²) < 4.78 is 0. The number of hydrogen-bond acceptors (Lipinski definition) is 3. The van der Waals surface area contributed by atoms with Crippen LogP contribution in [0.4, 0.5) is 0 Å². The molecule has 2 aliphatic rings. The summed E-state index contributed by atoms with van der Waals surface area (Å²) in [4.78, 5) is 36.9. The molecule has 0 spiro atoms. The lowest BCUT2D eigenvalue weighted by molar-refractivity contribution is -0.142. The smallest absolute Gasteiger partial charge is 0.305 e. The van der Waals surface area contributed by atoms with Crippen molar-refractivity contribution in [2.75, 3.05) is 6.54 Å². The van der Waals surface area contributed by atoms with Gasteiger partial charge in [0, 0.05) is 13.0 Å². The molecular formula is C15H24N2O4. The minimum absolute atomic E-state index is 0.00794. The standard InChI is InChI=1S/C15H24N2O4/c1-11(17-9-5-6-12(17)18)14(21)16-15(10-13(19)20)7-3-2-4-8-15/h11H,2-10H2,1H3,(H,16,21)(H,19,20)/t11-/m1/s1. The molecule has 1 aliphatic heterocycles. The third-order valence-electron chi connectivity index (χ3n) is 4.65. The number of carbonyl (C=O) groups excluding carboxylic acids is 2. The molecule has 0 aromatic rings. The van der Waals surface area contributed by atoms with Crippen LogP contribution in [-0.4, -0.2) is 45.9 Å². The molecule has 0 radical (unpaired) electrons. The molecular weight excluding hydrogens is 272 g/mol. The second-order valence-corrected chi connectivity index (χ2v) is 6.27. The van der Waals surface area contributed by atoms with Crippen LogP contribution >= 0.6 is 0 Å². The molecule has 1 saturated heterocycles. The van der Waals surface area contributed by atoms with E-state index in [4.69, 9.17) is 5.11 Å². The molecule has 118 valence electrons. The second-order valence-electron chi connectivity index (χ2n) is 6.27. The fourth-order valence-electron chi connectivity index (χ4n) is 3.45. The summed E-state index contributed by atoms with van der Waals surface area (Å²) in [6, 6.07) is -0.521. The predicted molar refractivity (Wildman–Crippen MR) is 76.6 cm³/mol. The van der Waals surface area contributed by atoms with Gasteiger partial charge in [-0.05, 0) is 26.2 Å². The minimum atomic E-state index is -0.887. The average Bonchev–Trinajstić information content (AvgIpc) is 2.84. The van der Waals surface area contributed by atoms with Gasteiger partial charge in [0.2, 0.25) is 11.8 Å². The molecule has 1 heterocycles. The van der Waals surface area contributed by atoms with Gasteiger partial charge in [0.15, 0.2) is 0 Å². The van der Waals surface area contributed by atoms with Crippen LogP contribution < -0.4 is 5.32 Å². The van der Waals surface area contributed by atoms with Crippen molar-refractivity contribution in [1.29, 1.82) is 0 Å². The van der Waals surface area contributed by atoms with Crippen molar-refractivity contribution < 1.29 is 19.5 Å². The van der Waals surface area contributed by atoms with Crippen molar-refractivity contribution in [1.82, 2.24) is 10.2 Å². The highest BCUT2D eigenvalue weighted by atomic mass is 16.4. The van der Waals surface area contributed by atoms with Gasteiger partial charge in [0.25, 0.3) is 0 Å². The van der Waals surface area contributed by atoms with Gasteiger partial charge in [-0.3, -0.25) is 14.4 Å². The summed E-state index contributed by atoms with van der Waals surface area (Å²) >= 11 is 0. The maximum absolute atomic E-state index is 12.4. The van der Waals surface area contributed by atoms with Gasteiger partial charge in [0.05, 0.1) is 12.0 Å². The number of amides is 2. The molecule has 0 bridgehead atoms. The maximum atomic E-state index is 12.4. The van der Waals surface area contributed by atoms with E-state index in [1.807, 2.05) is 0 Å². The van der Waals surface area contributed by atoms with E-state index in [9.17, 15) is 14.4 Å². The molecule has 0 aromatic heterocycles. The lowest BCUT2D eigenvalue weighted by Crippen LogP contribution is -2.56. The van der Waals surface area contributed by atoms with E-state index >= 15 is 0 Å². The Bertz CT molecular complexity index is 429. The number of likely N-dealkylation sites (tertiary alicyclic amines) is 1. The van der Waals surface area contributed by atoms with Gasteiger partial charge in [0.1, 0.15) is 6.04 Å². The van der Waals surface area contributed by atoms with Gasteiger partial charge in [-0.15, -0.1) is 0 Å². The SMILES string of the molecule is C[C@H](C(=O)NC1(CC(=O)O)CCCCC1)N1CCCC1=O. The third-order valence-corrected chi connectivity index (χ3v) is 4.65. The Morgan fingerprint density at radius 2 is 1.95 bits per heavy atom. The molecule has 0 aromatic carbocycles. The van der Waals surface area contributed by atoms with E-state index in [0.717, 1.165) is 25.7 Å². The van der Waals surface area contributed by atoms with E-state index in [-0.39, 0.29) is 18.2 Å². The second kappa shape index (κ2) is 6.45. The van der Waals surface area contributed by atoms with Crippen LogP contribution in [0.15, 0.2) is 0 Å². The summed E-state index contributed by atoms with van der Waals surface area (Å²) in [7, 11) is 0. The molecule has 2 rings (SSSR count). The summed E-state index contributed by atoms with van der Waals surface area (Å²) in [5.41, 5.74) is -0.641. The van der Waals surface area contributed by atoms with Gasteiger partial charge >= 0.3 is 5.97 Å². The van der Waals surface area contributed by atoms with Crippen LogP contribution in [0.3, 0.4) is 0 Å². The third kappa shape index (κ3) is 3.74. The van der Waals surface area contributed by atoms with Crippen molar-refractivity contribution in [3.8, 4) is 0 Å². The summed E-state index contributed by atoms with van der Waals surface area (Å²) in [6.07, 6.45) is 5.60. The first-order valence-corrected chi connectivity index (χ1v) is 7.77. The number of nitrogens with zero attached hydrogens (tertiary/aromatic N) is 1. The van der Waals surface area contributed by atoms with Crippen molar-refractivity contribution in [3.05, 3.63) is 0 Å². The van der Waals surface area contributed by atoms with Gasteiger partial charge < -0.3 is 15.3 Å². The Morgan fingerprint density at radius 3 is 2.48 bits per heavy atom. The summed E-state index contributed by atoms with van der Waals surface area (Å²) in [5.74, 6) is -1.11. The van der Waals surface area contributed by atoms with Gasteiger partial charge in [-0.25, -0.2) is 0 Å². The number of carbonyl (C=O) groups is 3. The van der Waals surface area contributed by atoms with Crippen LogP contribution in [0, 0.1) is 0 Å². The summed E-state index contributed by atoms with van der Waals surface area (Å²) in [5, 5.41) is 12.1. The Hall–Kier alpha value is -1.59. The Kier molecular flexibility index (Phi) is 4.85. The van der Waals surface area contributed by atoms with E-state index in [0.29, 0.717) is 25.8 Å². The fourth-order valence-corrected chi connectivity index (χ4v) is 3.45. The topological polar surface area (TPSA) is 86.7 Å². The lowest BCUT2D eigenvalue weighted by atomic mass is 9.79. The molecule has 6 heteroatoms. The normalized spacial score (nSPS) is 22.9. The monoisotopic (exact) mass is 296 g/mol. The highest BCUT2D eigenvalue weighted by molar-refractivity contribution is 5.89. The molecule has 2 N–H and O–H groups in total. The van der Waals surface area contributed by atoms with Crippen LogP contribution in [0.25, 0.3) is 0 Å². The molecule has 21 heavy (non-hydrogen) atoms. The quantitative estimate of drug-likeness (QED) is 0.800. The lowest BCUT2D eigenvalue weighted by Gasteiger charge is -2.38. The average molecular weight is 296 g/mol. The zero-order chi connectivity index (χ0) is 15.5. The first-order chi connectivity index (χ1) is 9.93. The number of carboxylic acids is 1. The molecule has 1 saturated carbocycles. The fraction of sp³-hybridized carbons (Fsp3) is 0.800. The van der Waals surface area contributed by atoms with Crippen molar-refractivity contribution in [2.45, 2.75) is 69.9 Å². The largest absolute Gasteiger partial charge is 0.481 e. The van der Waals surface area contributed by atoms with Crippen LogP contribution in [0.2, 0.25) is 0 Å². The Morgan fingerprint density at radius 1 is 1.29 bits per heavy atom. The highest BCUT2D eigenvalue weighted by Gasteiger charge is 2.38. The zero-order valence-electron chi connectivity index (χ0n) is 12.6. The molecule has 1 aliphatic carbocycles. The zero-order valence-corrected chi connectivity index (χ0v) is 12.6.